The van der Waals surface area contributed by atoms with Crippen LogP contribution in [0.15, 0.2) is 90.6 Å². The van der Waals surface area contributed by atoms with Gasteiger partial charge in [0.25, 0.3) is 0 Å². The largest absolute Gasteiger partial charge is 0.464 e. The molecule has 0 aliphatic heterocycles. The Morgan fingerprint density at radius 1 is 0.765 bits per heavy atom. The zero-order chi connectivity index (χ0) is 24.3. The van der Waals surface area contributed by atoms with E-state index in [2.05, 4.69) is 17.4 Å². The summed E-state index contributed by atoms with van der Waals surface area (Å²) in [6, 6.07) is 27.6. The van der Waals surface area contributed by atoms with Gasteiger partial charge in [0.05, 0.1) is 7.11 Å². The molecule has 0 bridgehead atoms. The number of alkyl carbamates (subject to hydrolysis) is 1. The van der Waals surface area contributed by atoms with E-state index in [4.69, 9.17) is 9.47 Å². The molecular weight excluding hydrogens is 426 g/mol. The molecule has 34 heavy (non-hydrogen) atoms. The van der Waals surface area contributed by atoms with E-state index < -0.39 is 17.7 Å². The number of fused-ring (bicyclic) bond motifs is 3. The number of carbonyl (C=O) groups excluding carboxylic acids is 2. The highest BCUT2D eigenvalue weighted by molar-refractivity contribution is 6.15. The Bertz CT molecular complexity index is 1400. The van der Waals surface area contributed by atoms with Crippen LogP contribution in [0.1, 0.15) is 31.9 Å². The summed E-state index contributed by atoms with van der Waals surface area (Å²) in [5.41, 5.74) is 1.41. The summed E-state index contributed by atoms with van der Waals surface area (Å²) < 4.78 is 10.6. The normalized spacial score (nSPS) is 12.2. The molecule has 1 amide bonds. The number of nitrogens with one attached hydrogen (secondary N) is 1. The molecule has 0 aliphatic carbocycles. The van der Waals surface area contributed by atoms with Crippen LogP contribution in [0, 0.1) is 0 Å². The molecule has 5 heteroatoms. The van der Waals surface area contributed by atoms with Crippen molar-refractivity contribution in [2.75, 3.05) is 7.11 Å². The van der Waals surface area contributed by atoms with Gasteiger partial charge in [0.2, 0.25) is 0 Å². The molecule has 4 rings (SSSR count). The van der Waals surface area contributed by atoms with Crippen LogP contribution in [0.25, 0.3) is 27.1 Å². The Morgan fingerprint density at radius 2 is 1.35 bits per heavy atom. The van der Waals surface area contributed by atoms with Gasteiger partial charge in [-0.15, -0.1) is 0 Å². The van der Waals surface area contributed by atoms with Gasteiger partial charge in [-0.05, 0) is 59.5 Å². The Balaban J connectivity index is 2.07. The summed E-state index contributed by atoms with van der Waals surface area (Å²) in [5, 5.41) is 6.80. The van der Waals surface area contributed by atoms with Gasteiger partial charge in [-0.25, -0.2) is 9.59 Å². The van der Waals surface area contributed by atoms with E-state index in [1.165, 1.54) is 7.11 Å². The topological polar surface area (TPSA) is 64.6 Å². The van der Waals surface area contributed by atoms with Crippen molar-refractivity contribution in [3.8, 4) is 0 Å². The van der Waals surface area contributed by atoms with Crippen LogP contribution in [0.5, 0.6) is 0 Å². The third kappa shape index (κ3) is 4.79. The van der Waals surface area contributed by atoms with Crippen LogP contribution >= 0.6 is 0 Å². The Morgan fingerprint density at radius 3 is 2.00 bits per heavy atom. The summed E-state index contributed by atoms with van der Waals surface area (Å²) in [6.07, 6.45) is -0.730. The highest BCUT2D eigenvalue weighted by Gasteiger charge is 2.26. The smallest absolute Gasteiger partial charge is 0.412 e. The van der Waals surface area contributed by atoms with Crippen molar-refractivity contribution in [3.63, 3.8) is 0 Å². The van der Waals surface area contributed by atoms with Crippen LogP contribution in [-0.4, -0.2) is 24.8 Å². The first-order valence-corrected chi connectivity index (χ1v) is 11.1. The lowest BCUT2D eigenvalue weighted by Crippen LogP contribution is -2.35. The van der Waals surface area contributed by atoms with E-state index in [0.29, 0.717) is 5.57 Å². The quantitative estimate of drug-likeness (QED) is 0.219. The van der Waals surface area contributed by atoms with Crippen molar-refractivity contribution < 1.29 is 19.1 Å². The van der Waals surface area contributed by atoms with Crippen LogP contribution in [-0.2, 0) is 14.3 Å². The molecule has 4 aromatic carbocycles. The fourth-order valence-corrected chi connectivity index (χ4v) is 4.02. The zero-order valence-electron chi connectivity index (χ0n) is 19.7. The van der Waals surface area contributed by atoms with E-state index in [1.54, 1.807) is 20.8 Å². The lowest BCUT2D eigenvalue weighted by atomic mass is 9.88. The van der Waals surface area contributed by atoms with Crippen molar-refractivity contribution in [2.24, 2.45) is 0 Å². The molecule has 0 radical (unpaired) electrons. The lowest BCUT2D eigenvalue weighted by molar-refractivity contribution is -0.136. The molecule has 1 N–H and O–H groups in total. The summed E-state index contributed by atoms with van der Waals surface area (Å²) in [5.74, 6) is -0.665. The van der Waals surface area contributed by atoms with Gasteiger partial charge in [-0.3, -0.25) is 5.32 Å². The fraction of sp³-hybridized carbons (Fsp3) is 0.172. The van der Waals surface area contributed by atoms with Gasteiger partial charge >= 0.3 is 12.1 Å². The van der Waals surface area contributed by atoms with Crippen molar-refractivity contribution in [1.82, 2.24) is 5.32 Å². The minimum absolute atomic E-state index is 0.0170. The molecule has 0 spiro atoms. The number of benzene rings is 4. The van der Waals surface area contributed by atoms with E-state index in [1.807, 2.05) is 72.8 Å². The highest BCUT2D eigenvalue weighted by atomic mass is 16.6. The second kappa shape index (κ2) is 9.40. The van der Waals surface area contributed by atoms with E-state index in [0.717, 1.165) is 32.7 Å². The number of carbonyl (C=O) groups is 2. The average Bonchev–Trinajstić information content (AvgIpc) is 2.82. The lowest BCUT2D eigenvalue weighted by Gasteiger charge is -2.22. The Labute approximate surface area is 199 Å². The van der Waals surface area contributed by atoms with Crippen LogP contribution in [0.2, 0.25) is 0 Å². The monoisotopic (exact) mass is 453 g/mol. The molecule has 4 aromatic rings. The molecule has 0 unspecified atom stereocenters. The zero-order valence-corrected chi connectivity index (χ0v) is 19.7. The van der Waals surface area contributed by atoms with Crippen LogP contribution < -0.4 is 5.32 Å². The molecule has 0 heterocycles. The van der Waals surface area contributed by atoms with Gasteiger partial charge in [0, 0.05) is 5.57 Å². The van der Waals surface area contributed by atoms with Crippen molar-refractivity contribution >= 4 is 39.2 Å². The third-order valence-electron chi connectivity index (χ3n) is 5.37. The standard InChI is InChI=1S/C29H27NO4/c1-29(2,3)34-28(32)30-26(27(31)33-4)25(19-12-6-5-7-13-19)24-18-20-14-8-9-15-21(20)22-16-10-11-17-23(22)24/h5-18H,1-4H3,(H,30,32)/b26-25+. The van der Waals surface area contributed by atoms with Gasteiger partial charge in [0.15, 0.2) is 0 Å². The predicted molar refractivity (Wildman–Crippen MR) is 135 cm³/mol. The number of esters is 1. The van der Waals surface area contributed by atoms with Crippen LogP contribution in [0.3, 0.4) is 0 Å². The number of amides is 1. The molecule has 5 nitrogen and oxygen atoms in total. The maximum Gasteiger partial charge on any atom is 0.412 e. The van der Waals surface area contributed by atoms with E-state index >= 15 is 0 Å². The average molecular weight is 454 g/mol. The molecule has 0 saturated heterocycles. The summed E-state index contributed by atoms with van der Waals surface area (Å²) >= 11 is 0. The fourth-order valence-electron chi connectivity index (χ4n) is 4.02. The van der Waals surface area contributed by atoms with Crippen LogP contribution in [0.4, 0.5) is 4.79 Å². The second-order valence-electron chi connectivity index (χ2n) is 8.93. The van der Waals surface area contributed by atoms with E-state index in [-0.39, 0.29) is 5.70 Å². The summed E-state index contributed by atoms with van der Waals surface area (Å²) in [6.45, 7) is 5.30. The molecule has 0 fully saturated rings. The van der Waals surface area contributed by atoms with E-state index in [9.17, 15) is 9.59 Å². The van der Waals surface area contributed by atoms with Crippen molar-refractivity contribution in [1.29, 1.82) is 0 Å². The number of hydrogen-bond acceptors (Lipinski definition) is 4. The molecule has 0 aliphatic rings. The van der Waals surface area contributed by atoms with Gasteiger partial charge in [-0.2, -0.15) is 0 Å². The molecular formula is C29H27NO4. The second-order valence-corrected chi connectivity index (χ2v) is 8.93. The first kappa shape index (κ1) is 23.1. The third-order valence-corrected chi connectivity index (χ3v) is 5.37. The minimum atomic E-state index is -0.730. The predicted octanol–water partition coefficient (Wildman–Crippen LogP) is 6.45. The summed E-state index contributed by atoms with van der Waals surface area (Å²) in [4.78, 5) is 25.8. The minimum Gasteiger partial charge on any atom is -0.464 e. The highest BCUT2D eigenvalue weighted by Crippen LogP contribution is 2.36. The van der Waals surface area contributed by atoms with Gasteiger partial charge in [-0.1, -0.05) is 78.9 Å². The Hall–Kier alpha value is -4.12. The number of methoxy groups -OCH3 is 1. The SMILES string of the molecule is COC(=O)/C(NC(=O)OC(C)(C)C)=C(/c1ccccc1)c1cc2ccccc2c2ccccc12. The van der Waals surface area contributed by atoms with Crippen molar-refractivity contribution in [3.05, 3.63) is 102 Å². The number of ether oxygens (including phenoxy) is 2. The molecule has 0 saturated carbocycles. The first-order valence-electron chi connectivity index (χ1n) is 11.1. The molecule has 0 atom stereocenters. The van der Waals surface area contributed by atoms with Gasteiger partial charge < -0.3 is 9.47 Å². The molecule has 172 valence electrons. The maximum absolute atomic E-state index is 13.1. The summed E-state index contributed by atoms with van der Waals surface area (Å²) in [7, 11) is 1.29. The molecule has 0 aromatic heterocycles. The Kier molecular flexibility index (Phi) is 6.37. The van der Waals surface area contributed by atoms with Crippen molar-refractivity contribution in [2.45, 2.75) is 26.4 Å². The first-order chi connectivity index (χ1) is 16.3. The van der Waals surface area contributed by atoms with Gasteiger partial charge in [0.1, 0.15) is 11.3 Å². The maximum atomic E-state index is 13.1. The number of rotatable bonds is 4. The number of hydrogen-bond donors (Lipinski definition) is 1.